The van der Waals surface area contributed by atoms with Gasteiger partial charge in [0.15, 0.2) is 0 Å². The molecule has 0 unspecified atom stereocenters. The van der Waals surface area contributed by atoms with E-state index < -0.39 is 10.0 Å². The van der Waals surface area contributed by atoms with Gasteiger partial charge in [-0.15, -0.1) is 0 Å². The van der Waals surface area contributed by atoms with Gasteiger partial charge in [-0.05, 0) is 43.0 Å². The number of hydrogen-bond donors (Lipinski definition) is 2. The summed E-state index contributed by atoms with van der Waals surface area (Å²) >= 11 is 0. The Balaban J connectivity index is 2.09. The molecule has 0 bridgehead atoms. The maximum absolute atomic E-state index is 12.2. The first-order chi connectivity index (χ1) is 8.96. The van der Waals surface area contributed by atoms with Crippen molar-refractivity contribution in [2.24, 2.45) is 5.73 Å². The largest absolute Gasteiger partial charge is 0.381 e. The van der Waals surface area contributed by atoms with Crippen LogP contribution in [0.4, 0.5) is 0 Å². The number of nitrogens with one attached hydrogen (secondary N) is 1. The van der Waals surface area contributed by atoms with Gasteiger partial charge in [-0.25, -0.2) is 13.1 Å². The topological polar surface area (TPSA) is 81.4 Å². The highest BCUT2D eigenvalue weighted by molar-refractivity contribution is 7.89. The quantitative estimate of drug-likeness (QED) is 0.842. The number of benzene rings is 1. The Morgan fingerprint density at radius 1 is 1.42 bits per heavy atom. The molecule has 0 atom stereocenters. The predicted octanol–water partition coefficient (Wildman–Crippen LogP) is 0.909. The third kappa shape index (κ3) is 3.14. The summed E-state index contributed by atoms with van der Waals surface area (Å²) in [5.74, 6) is 0. The minimum Gasteiger partial charge on any atom is -0.381 e. The van der Waals surface area contributed by atoms with Crippen molar-refractivity contribution in [3.8, 4) is 0 Å². The van der Waals surface area contributed by atoms with Crippen molar-refractivity contribution < 1.29 is 13.2 Å². The lowest BCUT2D eigenvalue weighted by molar-refractivity contribution is 0.0236. The van der Waals surface area contributed by atoms with E-state index in [9.17, 15) is 8.42 Å². The fourth-order valence-electron chi connectivity index (χ4n) is 2.21. The third-order valence-corrected chi connectivity index (χ3v) is 5.11. The highest BCUT2D eigenvalue weighted by Gasteiger charge is 2.32. The zero-order valence-electron chi connectivity index (χ0n) is 11.2. The summed E-state index contributed by atoms with van der Waals surface area (Å²) < 4.78 is 32.2. The smallest absolute Gasteiger partial charge is 0.240 e. The van der Waals surface area contributed by atoms with Crippen LogP contribution in [0, 0.1) is 6.92 Å². The van der Waals surface area contributed by atoms with Crippen LogP contribution in [0.25, 0.3) is 0 Å². The molecule has 3 N–H and O–H groups in total. The fourth-order valence-corrected chi connectivity index (χ4v) is 3.55. The molecule has 0 spiro atoms. The molecule has 1 aliphatic rings. The standard InChI is InChI=1S/C13H20N2O3S/c1-9-5-13(4-3-10(9)8-14)19(16,17)15-11-6-12(7-11)18-2/h3-5,11-12,15H,6-8,14H2,1-2H3. The SMILES string of the molecule is COC1CC(NS(=O)(=O)c2ccc(CN)c(C)c2)C1. The molecule has 1 aliphatic carbocycles. The maximum atomic E-state index is 12.2. The lowest BCUT2D eigenvalue weighted by Crippen LogP contribution is -2.47. The van der Waals surface area contributed by atoms with E-state index in [1.54, 1.807) is 25.3 Å². The minimum atomic E-state index is -3.45. The van der Waals surface area contributed by atoms with E-state index in [1.165, 1.54) is 0 Å². The summed E-state index contributed by atoms with van der Waals surface area (Å²) in [4.78, 5) is 0.295. The highest BCUT2D eigenvalue weighted by Crippen LogP contribution is 2.25. The van der Waals surface area contributed by atoms with Crippen LogP contribution in [-0.4, -0.2) is 27.7 Å². The molecule has 106 valence electrons. The fraction of sp³-hybridized carbons (Fsp3) is 0.538. The Morgan fingerprint density at radius 3 is 2.63 bits per heavy atom. The summed E-state index contributed by atoms with van der Waals surface area (Å²) in [6, 6.07) is 5.01. The van der Waals surface area contributed by atoms with Crippen molar-refractivity contribution >= 4 is 10.0 Å². The molecule has 0 radical (unpaired) electrons. The van der Waals surface area contributed by atoms with E-state index >= 15 is 0 Å². The van der Waals surface area contributed by atoms with Crippen molar-refractivity contribution in [2.45, 2.75) is 43.4 Å². The third-order valence-electron chi connectivity index (χ3n) is 3.59. The van der Waals surface area contributed by atoms with Crippen molar-refractivity contribution in [1.82, 2.24) is 4.72 Å². The minimum absolute atomic E-state index is 0.0237. The molecule has 2 rings (SSSR count). The molecule has 19 heavy (non-hydrogen) atoms. The second kappa shape index (κ2) is 5.58. The zero-order chi connectivity index (χ0) is 14.0. The molecule has 0 heterocycles. The molecule has 6 heteroatoms. The van der Waals surface area contributed by atoms with Gasteiger partial charge in [0.1, 0.15) is 0 Å². The van der Waals surface area contributed by atoms with E-state index in [4.69, 9.17) is 10.5 Å². The number of rotatable bonds is 5. The summed E-state index contributed by atoms with van der Waals surface area (Å²) in [5, 5.41) is 0. The van der Waals surface area contributed by atoms with E-state index in [2.05, 4.69) is 4.72 Å². The number of aryl methyl sites for hydroxylation is 1. The molecule has 0 aromatic heterocycles. The van der Waals surface area contributed by atoms with Crippen LogP contribution in [0.3, 0.4) is 0 Å². The average molecular weight is 284 g/mol. The van der Waals surface area contributed by atoms with Crippen molar-refractivity contribution in [1.29, 1.82) is 0 Å². The Kier molecular flexibility index (Phi) is 4.25. The van der Waals surface area contributed by atoms with Crippen LogP contribution >= 0.6 is 0 Å². The molecule has 1 saturated carbocycles. The Bertz CT molecular complexity index is 551. The van der Waals surface area contributed by atoms with Crippen molar-refractivity contribution in [3.05, 3.63) is 29.3 Å². The van der Waals surface area contributed by atoms with Crippen LogP contribution in [0.2, 0.25) is 0 Å². The van der Waals surface area contributed by atoms with Gasteiger partial charge >= 0.3 is 0 Å². The first kappa shape index (κ1) is 14.5. The van der Waals surface area contributed by atoms with Gasteiger partial charge in [0.05, 0.1) is 11.0 Å². The second-order valence-electron chi connectivity index (χ2n) is 4.94. The van der Waals surface area contributed by atoms with Gasteiger partial charge < -0.3 is 10.5 Å². The molecular formula is C13H20N2O3S. The zero-order valence-corrected chi connectivity index (χ0v) is 12.0. The van der Waals surface area contributed by atoms with Gasteiger partial charge in [0, 0.05) is 19.7 Å². The highest BCUT2D eigenvalue weighted by atomic mass is 32.2. The van der Waals surface area contributed by atoms with Gasteiger partial charge in [-0.3, -0.25) is 0 Å². The Hall–Kier alpha value is -0.950. The molecule has 1 fully saturated rings. The van der Waals surface area contributed by atoms with Gasteiger partial charge in [0.2, 0.25) is 10.0 Å². The molecule has 1 aromatic rings. The van der Waals surface area contributed by atoms with Crippen LogP contribution in [0.15, 0.2) is 23.1 Å². The van der Waals surface area contributed by atoms with Crippen LogP contribution < -0.4 is 10.5 Å². The normalized spacial score (nSPS) is 23.1. The average Bonchev–Trinajstić information content (AvgIpc) is 2.33. The molecule has 0 amide bonds. The molecule has 1 aromatic carbocycles. The van der Waals surface area contributed by atoms with Gasteiger partial charge in [-0.1, -0.05) is 6.07 Å². The molecule has 0 aliphatic heterocycles. The summed E-state index contributed by atoms with van der Waals surface area (Å²) in [7, 11) is -1.80. The second-order valence-corrected chi connectivity index (χ2v) is 6.65. The Morgan fingerprint density at radius 2 is 2.11 bits per heavy atom. The number of nitrogens with two attached hydrogens (primary N) is 1. The maximum Gasteiger partial charge on any atom is 0.240 e. The van der Waals surface area contributed by atoms with Crippen LogP contribution in [0.5, 0.6) is 0 Å². The van der Waals surface area contributed by atoms with Crippen LogP contribution in [-0.2, 0) is 21.3 Å². The number of methoxy groups -OCH3 is 1. The van der Waals surface area contributed by atoms with Crippen LogP contribution in [0.1, 0.15) is 24.0 Å². The first-order valence-electron chi connectivity index (χ1n) is 6.31. The molecular weight excluding hydrogens is 264 g/mol. The number of sulfonamides is 1. The van der Waals surface area contributed by atoms with E-state index in [0.717, 1.165) is 24.0 Å². The van der Waals surface area contributed by atoms with E-state index in [0.29, 0.717) is 11.4 Å². The number of ether oxygens (including phenoxy) is 1. The lowest BCUT2D eigenvalue weighted by atomic mass is 9.90. The molecule has 5 nitrogen and oxygen atoms in total. The summed E-state index contributed by atoms with van der Waals surface area (Å²) in [6.45, 7) is 2.28. The van der Waals surface area contributed by atoms with Gasteiger partial charge in [-0.2, -0.15) is 0 Å². The predicted molar refractivity (Wildman–Crippen MR) is 73.2 cm³/mol. The van der Waals surface area contributed by atoms with Crippen molar-refractivity contribution in [2.75, 3.05) is 7.11 Å². The van der Waals surface area contributed by atoms with E-state index in [-0.39, 0.29) is 12.1 Å². The Labute approximate surface area is 114 Å². The first-order valence-corrected chi connectivity index (χ1v) is 7.79. The summed E-state index contributed by atoms with van der Waals surface area (Å²) in [5.41, 5.74) is 7.43. The van der Waals surface area contributed by atoms with Gasteiger partial charge in [0.25, 0.3) is 0 Å². The lowest BCUT2D eigenvalue weighted by Gasteiger charge is -2.34. The number of hydrogen-bond acceptors (Lipinski definition) is 4. The summed E-state index contributed by atoms with van der Waals surface area (Å²) in [6.07, 6.45) is 1.64. The van der Waals surface area contributed by atoms with Crippen molar-refractivity contribution in [3.63, 3.8) is 0 Å². The van der Waals surface area contributed by atoms with E-state index in [1.807, 2.05) is 6.92 Å². The monoisotopic (exact) mass is 284 g/mol. The molecule has 0 saturated heterocycles.